The number of halogens is 2. The molecule has 11 aliphatic heterocycles. The van der Waals surface area contributed by atoms with Gasteiger partial charge in [-0.15, -0.1) is 22.9 Å². The van der Waals surface area contributed by atoms with Crippen LogP contribution in [0, 0.1) is 47.5 Å². The number of alkyl halides is 1. The predicted octanol–water partition coefficient (Wildman–Crippen LogP) is 4.93. The molecule has 6 fully saturated rings. The van der Waals surface area contributed by atoms with Crippen molar-refractivity contribution < 1.29 is 176 Å². The molecular formula is C93H134BClFK2N17O17S. The van der Waals surface area contributed by atoms with Crippen molar-refractivity contribution in [2.24, 2.45) is 10.7 Å². The Morgan fingerprint density at radius 1 is 0.556 bits per heavy atom. The Morgan fingerprint density at radius 3 is 1.32 bits per heavy atom. The van der Waals surface area contributed by atoms with Crippen LogP contribution in [0.2, 0.25) is 0 Å². The number of anilines is 6. The zero-order chi connectivity index (χ0) is 92.6. The normalized spacial score (nSPS) is 18.1. The van der Waals surface area contributed by atoms with Crippen LogP contribution in [0.25, 0.3) is 0 Å². The van der Waals surface area contributed by atoms with Gasteiger partial charge in [-0.1, -0.05) is 13.5 Å². The first-order chi connectivity index (χ1) is 63.3. The number of rotatable bonds is 25. The molecule has 6 saturated heterocycles. The molecular weight excluding hydrogens is 1800 g/mol. The number of nitriles is 1. The average Bonchev–Trinajstić information content (AvgIpc) is 0.907. The van der Waals surface area contributed by atoms with Crippen LogP contribution in [0.4, 0.5) is 61.3 Å². The zero-order valence-electron chi connectivity index (χ0n) is 78.1. The number of carbonyl (C=O) groups is 3. The first-order valence-corrected chi connectivity index (χ1v) is 46.9. The Kier molecular flexibility index (Phi) is 56.8. The Bertz CT molecular complexity index is 4530. The molecule has 5 aromatic carbocycles. The molecule has 0 saturated carbocycles. The standard InChI is InChI=1S/C21H27FN4OS.C16H21N3O4.C16H23N3O3.C16H25N3O.C12H13ClN2O3.C4H7BO.C4H9NO.C2H3N.CH2O3.CH4.2K.H/c22-18-15-17(24-21(23)19-5-2-13-28-19)14-16-4-1-7-26(20(16)18)8-3-6-25-9-11-27-12-10-25;20-16-5-2-13-12-14(19(21)22)3-4-15(13)18(16)7-1-6-17-8-10-23-11-9-17;20-19(21)15-4-5-16-14(13-15)3-1-7-18(16)8-2-6-17-9-11-22-12-10-17;17-15-4-5-16-14(13-15)3-1-7-19(16)8-2-6-18-9-11-20-12-10-18;13-6-1-7-14-11-4-3-10(15(17)18)8-9(11)2-5-12(14)16;5-4-2-1-3-6-4;1-3-6-4-2-5-1;1-2-3;2-1-4-3;;;;/h2,5,13-15H,1,3-4,6-12H2,(H2,23,24);3-4,12H,1-2,5-11H2;4-5,13H,1-3,6-12H2;4-5,13H,1-3,6-12,17H2;3-4,8H,1-2,5-7H2;4H,1-3H2;5H,1-4H2;1H3;1,3H;1H4;;;/q;;;;;;;;;;2*+1;-1/p-1. The number of ether oxygens (including phenoxy) is 6. The summed E-state index contributed by atoms with van der Waals surface area (Å²) in [6.07, 6.45) is 15.5. The fourth-order valence-corrected chi connectivity index (χ4v) is 17.7. The second-order valence-electron chi connectivity index (χ2n) is 32.5. The Hall–Kier alpha value is -6.35. The van der Waals surface area contributed by atoms with E-state index in [4.69, 9.17) is 74.6 Å². The van der Waals surface area contributed by atoms with Crippen molar-refractivity contribution in [3.8, 4) is 6.07 Å². The molecule has 17 rings (SSSR count). The summed E-state index contributed by atoms with van der Waals surface area (Å²) in [4.78, 5) is 92.3. The number of nitrogens with one attached hydrogen (secondary N) is 1. The van der Waals surface area contributed by atoms with Crippen molar-refractivity contribution in [2.75, 3.05) is 253 Å². The topological polar surface area (TPSA) is 398 Å². The summed E-state index contributed by atoms with van der Waals surface area (Å²) < 4.78 is 46.4. The summed E-state index contributed by atoms with van der Waals surface area (Å²) >= 11 is 7.17. The number of thiophene rings is 1. The van der Waals surface area contributed by atoms with Crippen LogP contribution in [0.3, 0.4) is 0 Å². The molecule has 2 amide bonds. The summed E-state index contributed by atoms with van der Waals surface area (Å²) in [6, 6.07) is 30.2. The third kappa shape index (κ3) is 40.2. The van der Waals surface area contributed by atoms with E-state index in [2.05, 4.69) is 61.6 Å². The van der Waals surface area contributed by atoms with Gasteiger partial charge in [-0.3, -0.25) is 64.3 Å². The van der Waals surface area contributed by atoms with Crippen molar-refractivity contribution in [1.82, 2.24) is 24.9 Å². The van der Waals surface area contributed by atoms with Gasteiger partial charge in [-0.05, 0) is 178 Å². The van der Waals surface area contributed by atoms with Crippen LogP contribution in [0.15, 0.2) is 107 Å². The molecule has 11 aliphatic rings. The number of amidine groups is 1. The molecule has 0 aliphatic carbocycles. The van der Waals surface area contributed by atoms with Crippen LogP contribution in [0.5, 0.6) is 0 Å². The van der Waals surface area contributed by atoms with E-state index >= 15 is 0 Å². The number of carbonyl (C=O) groups excluding carboxylic acids is 3. The molecule has 0 bridgehead atoms. The number of non-ortho nitro benzene ring substituents is 3. The van der Waals surface area contributed by atoms with Crippen LogP contribution >= 0.6 is 22.9 Å². The van der Waals surface area contributed by atoms with Crippen molar-refractivity contribution in [2.45, 2.75) is 130 Å². The second-order valence-corrected chi connectivity index (χ2v) is 33.8. The minimum Gasteiger partial charge on any atom is -1.00 e. The fraction of sp³-hybridized carbons (Fsp3) is 0.581. The molecule has 5 N–H and O–H groups in total. The largest absolute Gasteiger partial charge is 1.00 e. The number of aryl methyl sites for hydroxylation is 5. The SMILES string of the molecule is C.C1COCCN1.CC#N.NC(=Nc1cc(F)c2c(c1)CCCN2CCCN1CCOCC1)c1cccs1.Nc1ccc2c(c1)CCCN2CCCN1CCOCC1.O=C1CCc2cc([N+](=O)[O-])ccc2N1CCCCl.O=C1CCc2cc([N+](=O)[O-])ccc2N1CCCN1CCOCC1.O=CO[O-].O=[N+]([O-])c1ccc2c(c1)CCCN2CCCN1CCOCC1.[B]C1CCCO1.[H-].[K+].[K+]. The number of amides is 2. The monoisotopic (exact) mass is 1940 g/mol. The van der Waals surface area contributed by atoms with Gasteiger partial charge in [0.1, 0.15) is 19.5 Å². The van der Waals surface area contributed by atoms with Gasteiger partial charge in [0.2, 0.25) is 11.8 Å². The summed E-state index contributed by atoms with van der Waals surface area (Å²) in [5.41, 5.74) is 24.1. The maximum atomic E-state index is 15.0. The van der Waals surface area contributed by atoms with Crippen LogP contribution < -0.4 is 149 Å². The zero-order valence-corrected chi connectivity index (χ0v) is 84.9. The summed E-state index contributed by atoms with van der Waals surface area (Å²) in [5.74, 6) is 0.898. The summed E-state index contributed by atoms with van der Waals surface area (Å²) in [6.45, 7) is 32.4. The molecule has 6 aromatic rings. The maximum absolute atomic E-state index is 15.0. The first kappa shape index (κ1) is 115. The van der Waals surface area contributed by atoms with Crippen molar-refractivity contribution in [3.63, 3.8) is 0 Å². The number of hydrogen-bond donors (Lipinski definition) is 3. The Labute approximate surface area is 879 Å². The van der Waals surface area contributed by atoms with Crippen molar-refractivity contribution >= 4 is 112 Å². The minimum absolute atomic E-state index is 0. The number of nitrogens with zero attached hydrogens (tertiary/aromatic N) is 14. The van der Waals surface area contributed by atoms with Gasteiger partial charge in [0.25, 0.3) is 23.5 Å². The van der Waals surface area contributed by atoms with E-state index < -0.39 is 4.92 Å². The van der Waals surface area contributed by atoms with Gasteiger partial charge in [0, 0.05) is 253 Å². The average molecular weight is 1940 g/mol. The molecule has 1 atom stereocenters. The van der Waals surface area contributed by atoms with Gasteiger partial charge < -0.3 is 81.3 Å². The number of nitro groups is 3. The van der Waals surface area contributed by atoms with Gasteiger partial charge in [0.05, 0.1) is 103 Å². The first-order valence-electron chi connectivity index (χ1n) is 45.5. The summed E-state index contributed by atoms with van der Waals surface area (Å²) in [7, 11) is 5.31. The van der Waals surface area contributed by atoms with Gasteiger partial charge in [-0.25, -0.2) is 9.38 Å². The third-order valence-electron chi connectivity index (χ3n) is 23.4. The smallest absolute Gasteiger partial charge is 1.00 e. The number of nitrogens with two attached hydrogens (primary N) is 2. The number of hydrogen-bond acceptors (Lipinski definition) is 29. The second kappa shape index (κ2) is 65.5. The number of nitrogen functional groups attached to an aromatic ring is 1. The molecule has 12 heterocycles. The molecule has 40 heteroatoms. The van der Waals surface area contributed by atoms with E-state index in [1.165, 1.54) is 85.7 Å². The number of fused-ring (bicyclic) bond motifs is 5. The van der Waals surface area contributed by atoms with E-state index in [-0.39, 0.29) is 169 Å². The number of aliphatic imine (C=N–C) groups is 1. The molecule has 1 aromatic heterocycles. The Balaban J connectivity index is 0.000000281. The minimum atomic E-state index is -0.417. The molecule has 0 spiro atoms. The van der Waals surface area contributed by atoms with E-state index in [0.717, 1.165) is 298 Å². The van der Waals surface area contributed by atoms with E-state index in [9.17, 15) is 44.3 Å². The van der Waals surface area contributed by atoms with Crippen LogP contribution in [-0.2, 0) is 79.8 Å². The van der Waals surface area contributed by atoms with Crippen LogP contribution in [0.1, 0.15) is 126 Å². The molecule has 133 heavy (non-hydrogen) atoms. The molecule has 2 radical (unpaired) electrons. The molecule has 1 unspecified atom stereocenters. The van der Waals surface area contributed by atoms with Gasteiger partial charge in [0.15, 0.2) is 0 Å². The number of benzene rings is 5. The van der Waals surface area contributed by atoms with E-state index in [1.54, 1.807) is 52.3 Å². The molecule has 34 nitrogen and oxygen atoms in total. The number of morpholine rings is 5. The van der Waals surface area contributed by atoms with Crippen molar-refractivity contribution in [1.29, 1.82) is 5.26 Å². The van der Waals surface area contributed by atoms with Crippen molar-refractivity contribution in [3.05, 3.63) is 171 Å². The van der Waals surface area contributed by atoms with Crippen LogP contribution in [-0.4, -0.2) is 295 Å². The predicted molar refractivity (Wildman–Crippen MR) is 512 cm³/mol. The Morgan fingerprint density at radius 2 is 0.947 bits per heavy atom. The number of nitro benzene ring substituents is 3. The van der Waals surface area contributed by atoms with Gasteiger partial charge in [-0.2, -0.15) is 5.26 Å². The quantitative estimate of drug-likeness (QED) is 0.00787. The fourth-order valence-electron chi connectivity index (χ4n) is 17.0. The maximum Gasteiger partial charge on any atom is 1.00 e. The third-order valence-corrected chi connectivity index (χ3v) is 24.6. The molecule has 718 valence electrons. The van der Waals surface area contributed by atoms with Gasteiger partial charge >= 0.3 is 103 Å². The van der Waals surface area contributed by atoms with E-state index in [1.807, 2.05) is 35.7 Å². The summed E-state index contributed by atoms with van der Waals surface area (Å²) in [5, 5.41) is 53.4. The van der Waals surface area contributed by atoms with E-state index in [0.29, 0.717) is 62.6 Å².